The van der Waals surface area contributed by atoms with E-state index in [-0.39, 0.29) is 5.97 Å². The molecule has 8 heteroatoms. The summed E-state index contributed by atoms with van der Waals surface area (Å²) >= 11 is 0. The number of ether oxygens (including phenoxy) is 2. The second kappa shape index (κ2) is 10.0. The highest BCUT2D eigenvalue weighted by Crippen LogP contribution is 2.16. The maximum atomic E-state index is 11.7. The molecule has 3 rings (SSSR count). The van der Waals surface area contributed by atoms with E-state index in [0.717, 1.165) is 23.4 Å². The van der Waals surface area contributed by atoms with Crippen molar-refractivity contribution in [1.82, 2.24) is 15.2 Å². The van der Waals surface area contributed by atoms with Crippen LogP contribution in [0.4, 0.5) is 17.5 Å². The number of carbonyl (C=O) groups is 1. The fourth-order valence-electron chi connectivity index (χ4n) is 2.64. The van der Waals surface area contributed by atoms with E-state index in [1.54, 1.807) is 38.3 Å². The largest absolute Gasteiger partial charge is 0.497 e. The first-order valence-corrected chi connectivity index (χ1v) is 9.28. The zero-order valence-electron chi connectivity index (χ0n) is 16.4. The van der Waals surface area contributed by atoms with Crippen molar-refractivity contribution in [3.63, 3.8) is 0 Å². The maximum absolute atomic E-state index is 11.7. The molecule has 3 aromatic rings. The minimum absolute atomic E-state index is 0.342. The van der Waals surface area contributed by atoms with Crippen molar-refractivity contribution in [3.8, 4) is 5.75 Å². The average Bonchev–Trinajstić information content (AvgIpc) is 2.75. The minimum Gasteiger partial charge on any atom is -0.497 e. The normalized spacial score (nSPS) is 10.3. The Morgan fingerprint density at radius 3 is 2.72 bits per heavy atom. The summed E-state index contributed by atoms with van der Waals surface area (Å²) in [4.78, 5) is 16.1. The monoisotopic (exact) mass is 393 g/mol. The Kier molecular flexibility index (Phi) is 6.94. The lowest BCUT2D eigenvalue weighted by atomic mass is 10.1. The molecule has 0 unspecified atom stereocenters. The number of anilines is 3. The summed E-state index contributed by atoms with van der Waals surface area (Å²) in [5.74, 6) is 1.47. The van der Waals surface area contributed by atoms with E-state index in [1.165, 1.54) is 6.20 Å². The lowest BCUT2D eigenvalue weighted by Crippen LogP contribution is -2.10. The quantitative estimate of drug-likeness (QED) is 0.534. The number of benzene rings is 2. The molecule has 0 aliphatic heterocycles. The Labute approximate surface area is 169 Å². The van der Waals surface area contributed by atoms with Crippen molar-refractivity contribution in [2.24, 2.45) is 0 Å². The molecule has 2 N–H and O–H groups in total. The first kappa shape index (κ1) is 20.1. The van der Waals surface area contributed by atoms with Crippen LogP contribution in [-0.2, 0) is 11.2 Å². The van der Waals surface area contributed by atoms with Gasteiger partial charge in [0.25, 0.3) is 0 Å². The SMILES string of the molecule is CCOC(=O)c1ccc(Nc2cnnc(NCCc3cccc(OC)c3)n2)cc1. The summed E-state index contributed by atoms with van der Waals surface area (Å²) in [7, 11) is 1.65. The zero-order valence-corrected chi connectivity index (χ0v) is 16.4. The number of hydrogen-bond donors (Lipinski definition) is 2. The van der Waals surface area contributed by atoms with Crippen LogP contribution in [0.25, 0.3) is 0 Å². The summed E-state index contributed by atoms with van der Waals surface area (Å²) < 4.78 is 10.2. The molecule has 0 bridgehead atoms. The van der Waals surface area contributed by atoms with Gasteiger partial charge in [0.2, 0.25) is 5.95 Å². The number of nitrogens with one attached hydrogen (secondary N) is 2. The smallest absolute Gasteiger partial charge is 0.338 e. The zero-order chi connectivity index (χ0) is 20.5. The molecule has 8 nitrogen and oxygen atoms in total. The van der Waals surface area contributed by atoms with Gasteiger partial charge in [0, 0.05) is 12.2 Å². The second-order valence-electron chi connectivity index (χ2n) is 6.12. The third-order valence-electron chi connectivity index (χ3n) is 4.06. The maximum Gasteiger partial charge on any atom is 0.338 e. The van der Waals surface area contributed by atoms with Gasteiger partial charge in [-0.1, -0.05) is 12.1 Å². The number of nitrogens with zero attached hydrogens (tertiary/aromatic N) is 3. The third-order valence-corrected chi connectivity index (χ3v) is 4.06. The summed E-state index contributed by atoms with van der Waals surface area (Å²) in [6.45, 7) is 2.78. The van der Waals surface area contributed by atoms with Crippen LogP contribution in [0.5, 0.6) is 5.75 Å². The average molecular weight is 393 g/mol. The Bertz CT molecular complexity index is 947. The van der Waals surface area contributed by atoms with Gasteiger partial charge in [-0.3, -0.25) is 0 Å². The van der Waals surface area contributed by atoms with Gasteiger partial charge in [0.15, 0.2) is 5.82 Å². The van der Waals surface area contributed by atoms with Gasteiger partial charge in [0.05, 0.1) is 25.5 Å². The molecular formula is C21H23N5O3. The van der Waals surface area contributed by atoms with E-state index in [1.807, 2.05) is 24.3 Å². The molecule has 0 aliphatic carbocycles. The van der Waals surface area contributed by atoms with Crippen molar-refractivity contribution in [3.05, 3.63) is 65.9 Å². The van der Waals surface area contributed by atoms with Crippen molar-refractivity contribution >= 4 is 23.4 Å². The predicted molar refractivity (Wildman–Crippen MR) is 111 cm³/mol. The molecule has 0 aliphatic rings. The number of methoxy groups -OCH3 is 1. The number of aromatic nitrogens is 3. The van der Waals surface area contributed by atoms with Crippen molar-refractivity contribution in [2.75, 3.05) is 30.9 Å². The first-order chi connectivity index (χ1) is 14.2. The molecule has 0 saturated carbocycles. The van der Waals surface area contributed by atoms with Gasteiger partial charge in [-0.2, -0.15) is 10.1 Å². The Balaban J connectivity index is 1.55. The molecule has 29 heavy (non-hydrogen) atoms. The van der Waals surface area contributed by atoms with Gasteiger partial charge in [-0.15, -0.1) is 5.10 Å². The van der Waals surface area contributed by atoms with Crippen LogP contribution in [0.1, 0.15) is 22.8 Å². The second-order valence-corrected chi connectivity index (χ2v) is 6.12. The molecule has 0 saturated heterocycles. The number of esters is 1. The number of hydrogen-bond acceptors (Lipinski definition) is 8. The van der Waals surface area contributed by atoms with E-state index < -0.39 is 0 Å². The molecule has 1 heterocycles. The molecule has 2 aromatic carbocycles. The Morgan fingerprint density at radius 1 is 1.14 bits per heavy atom. The van der Waals surface area contributed by atoms with E-state index in [2.05, 4.69) is 25.8 Å². The lowest BCUT2D eigenvalue weighted by molar-refractivity contribution is 0.0526. The summed E-state index contributed by atoms with van der Waals surface area (Å²) in [6.07, 6.45) is 2.33. The van der Waals surface area contributed by atoms with Gasteiger partial charge >= 0.3 is 5.97 Å². The molecular weight excluding hydrogens is 370 g/mol. The van der Waals surface area contributed by atoms with Crippen LogP contribution in [-0.4, -0.2) is 41.4 Å². The van der Waals surface area contributed by atoms with Crippen LogP contribution in [0.15, 0.2) is 54.7 Å². The highest BCUT2D eigenvalue weighted by molar-refractivity contribution is 5.89. The third kappa shape index (κ3) is 5.90. The highest BCUT2D eigenvalue weighted by atomic mass is 16.5. The topological polar surface area (TPSA) is 98.3 Å². The first-order valence-electron chi connectivity index (χ1n) is 9.28. The van der Waals surface area contributed by atoms with Crippen molar-refractivity contribution in [2.45, 2.75) is 13.3 Å². The van der Waals surface area contributed by atoms with Crippen LogP contribution >= 0.6 is 0 Å². The Morgan fingerprint density at radius 2 is 1.97 bits per heavy atom. The standard InChI is InChI=1S/C21H23N5O3/c1-3-29-20(27)16-7-9-17(10-8-16)24-19-14-23-26-21(25-19)22-12-11-15-5-4-6-18(13-15)28-2/h4-10,13-14H,3,11-12H2,1-2H3,(H2,22,24,25,26). The minimum atomic E-state index is -0.342. The van der Waals surface area contributed by atoms with E-state index in [4.69, 9.17) is 9.47 Å². The molecule has 0 atom stereocenters. The molecule has 0 spiro atoms. The fraction of sp³-hybridized carbons (Fsp3) is 0.238. The molecule has 1 aromatic heterocycles. The van der Waals surface area contributed by atoms with Crippen LogP contribution in [0.3, 0.4) is 0 Å². The molecule has 150 valence electrons. The highest BCUT2D eigenvalue weighted by Gasteiger charge is 2.06. The summed E-state index contributed by atoms with van der Waals surface area (Å²) in [5, 5.41) is 14.3. The summed E-state index contributed by atoms with van der Waals surface area (Å²) in [5.41, 5.74) is 2.43. The van der Waals surface area contributed by atoms with Crippen molar-refractivity contribution in [1.29, 1.82) is 0 Å². The Hall–Kier alpha value is -3.68. The van der Waals surface area contributed by atoms with E-state index in [9.17, 15) is 4.79 Å². The number of rotatable bonds is 9. The van der Waals surface area contributed by atoms with Gasteiger partial charge in [0.1, 0.15) is 5.75 Å². The molecule has 0 fully saturated rings. The van der Waals surface area contributed by atoms with E-state index >= 15 is 0 Å². The van der Waals surface area contributed by atoms with E-state index in [0.29, 0.717) is 30.5 Å². The molecule has 0 amide bonds. The molecule has 0 radical (unpaired) electrons. The number of carbonyl (C=O) groups excluding carboxylic acids is 1. The summed E-state index contributed by atoms with van der Waals surface area (Å²) in [6, 6.07) is 14.9. The van der Waals surface area contributed by atoms with Crippen LogP contribution in [0, 0.1) is 0 Å². The van der Waals surface area contributed by atoms with Gasteiger partial charge in [-0.05, 0) is 55.3 Å². The van der Waals surface area contributed by atoms with Crippen molar-refractivity contribution < 1.29 is 14.3 Å². The predicted octanol–water partition coefficient (Wildman–Crippen LogP) is 3.46. The van der Waals surface area contributed by atoms with Crippen LogP contribution in [0.2, 0.25) is 0 Å². The van der Waals surface area contributed by atoms with Gasteiger partial charge in [-0.25, -0.2) is 4.79 Å². The van der Waals surface area contributed by atoms with Gasteiger partial charge < -0.3 is 20.1 Å². The fourth-order valence-corrected chi connectivity index (χ4v) is 2.64. The lowest BCUT2D eigenvalue weighted by Gasteiger charge is -2.09. The van der Waals surface area contributed by atoms with Crippen LogP contribution < -0.4 is 15.4 Å².